The van der Waals surface area contributed by atoms with Gasteiger partial charge in [0.25, 0.3) is 0 Å². The van der Waals surface area contributed by atoms with Gasteiger partial charge >= 0.3 is 6.03 Å². The van der Waals surface area contributed by atoms with Gasteiger partial charge in [-0.05, 0) is 75.3 Å². The van der Waals surface area contributed by atoms with Crippen molar-refractivity contribution in [1.82, 2.24) is 10.2 Å². The normalized spacial score (nSPS) is 16.3. The van der Waals surface area contributed by atoms with E-state index >= 15 is 0 Å². The molecule has 0 bridgehead atoms. The Labute approximate surface area is 352 Å². The maximum Gasteiger partial charge on any atom is 0.319 e. The lowest BCUT2D eigenvalue weighted by Crippen LogP contribution is -2.39. The van der Waals surface area contributed by atoms with Crippen LogP contribution in [0.1, 0.15) is 52.2 Å². The van der Waals surface area contributed by atoms with Gasteiger partial charge in [-0.1, -0.05) is 152 Å². The number of aliphatic hydroxyl groups excluding tert-OH is 1. The van der Waals surface area contributed by atoms with E-state index < -0.39 is 6.29 Å². The topological polar surface area (TPSA) is 92.3 Å². The zero-order chi connectivity index (χ0) is 40.9. The van der Waals surface area contributed by atoms with Crippen LogP contribution in [0.3, 0.4) is 0 Å². The number of nitrogens with one attached hydrogen (secondary N) is 2. The molecule has 8 nitrogen and oxygen atoms in total. The highest BCUT2D eigenvalue weighted by atomic mass is 16.7. The van der Waals surface area contributed by atoms with Crippen molar-refractivity contribution in [2.24, 2.45) is 0 Å². The molecule has 1 aliphatic rings. The third-order valence-corrected chi connectivity index (χ3v) is 10.6. The second kappa shape index (κ2) is 19.9. The number of nitrogens with zero attached hydrogens (tertiary/aromatic N) is 1. The van der Waals surface area contributed by atoms with Gasteiger partial charge in [-0.25, -0.2) is 4.79 Å². The molecule has 7 aromatic carbocycles. The van der Waals surface area contributed by atoms with Crippen molar-refractivity contribution in [2.75, 3.05) is 11.9 Å². The zero-order valence-corrected chi connectivity index (χ0v) is 33.4. The Kier molecular flexibility index (Phi) is 13.4. The number of carbonyl (C=O) groups is 1. The molecule has 0 saturated carbocycles. The van der Waals surface area contributed by atoms with Crippen LogP contribution in [0.5, 0.6) is 11.5 Å². The first-order valence-electron chi connectivity index (χ1n) is 20.4. The van der Waals surface area contributed by atoms with E-state index in [-0.39, 0.29) is 24.8 Å². The highest BCUT2D eigenvalue weighted by Crippen LogP contribution is 2.39. The first-order valence-corrected chi connectivity index (χ1v) is 20.4. The summed E-state index contributed by atoms with van der Waals surface area (Å²) in [5.41, 5.74) is 9.03. The number of benzene rings is 7. The third kappa shape index (κ3) is 10.9. The van der Waals surface area contributed by atoms with E-state index in [1.54, 1.807) is 0 Å². The minimum Gasteiger partial charge on any atom is -0.457 e. The molecule has 1 fully saturated rings. The number of amides is 2. The fourth-order valence-corrected chi connectivity index (χ4v) is 7.55. The molecule has 302 valence electrons. The minimum absolute atomic E-state index is 0.00663. The van der Waals surface area contributed by atoms with Crippen LogP contribution in [0.15, 0.2) is 188 Å². The lowest BCUT2D eigenvalue weighted by molar-refractivity contribution is -0.253. The van der Waals surface area contributed by atoms with Crippen LogP contribution in [0.4, 0.5) is 10.5 Å². The van der Waals surface area contributed by atoms with Crippen molar-refractivity contribution >= 4 is 11.7 Å². The number of carbonyl (C=O) groups excluding carboxylic acids is 1. The molecule has 3 N–H and O–H groups in total. The van der Waals surface area contributed by atoms with Crippen LogP contribution in [-0.4, -0.2) is 28.7 Å². The van der Waals surface area contributed by atoms with E-state index in [2.05, 4.69) is 107 Å². The van der Waals surface area contributed by atoms with Gasteiger partial charge in [0.1, 0.15) is 11.5 Å². The van der Waals surface area contributed by atoms with Crippen molar-refractivity contribution in [1.29, 1.82) is 0 Å². The lowest BCUT2D eigenvalue weighted by Gasteiger charge is -2.38. The second-order valence-corrected chi connectivity index (χ2v) is 15.0. The fraction of sp³-hybridized carbons (Fsp3) is 0.173. The van der Waals surface area contributed by atoms with E-state index in [0.717, 1.165) is 58.8 Å². The van der Waals surface area contributed by atoms with E-state index in [4.69, 9.17) is 14.2 Å². The molecular weight excluding hydrogens is 747 g/mol. The summed E-state index contributed by atoms with van der Waals surface area (Å²) in [4.78, 5) is 15.4. The summed E-state index contributed by atoms with van der Waals surface area (Å²) in [7, 11) is 0. The summed E-state index contributed by atoms with van der Waals surface area (Å²) in [5.74, 6) is 1.44. The predicted molar refractivity (Wildman–Crippen MR) is 236 cm³/mol. The summed E-state index contributed by atoms with van der Waals surface area (Å²) in [6, 6.07) is 62.1. The number of hydrogen-bond acceptors (Lipinski definition) is 6. The summed E-state index contributed by atoms with van der Waals surface area (Å²) < 4.78 is 19.4. The van der Waals surface area contributed by atoms with Crippen LogP contribution in [0.25, 0.3) is 11.1 Å². The van der Waals surface area contributed by atoms with E-state index in [1.807, 2.05) is 97.1 Å². The minimum atomic E-state index is -0.588. The smallest absolute Gasteiger partial charge is 0.319 e. The molecule has 60 heavy (non-hydrogen) atoms. The average molecular weight is 796 g/mol. The standard InChI is InChI=1S/C52H49N3O5/c56-37-40-20-22-42(23-21-40)50-32-48(36-55(34-38-12-4-1-5-13-38)35-39-14-6-2-7-15-39)59-51(60-50)43-26-24-41(25-27-43)49-19-11-10-16-44(49)33-53-52(57)54-45-28-30-47(31-29-45)58-46-17-8-3-9-18-46/h1-31,48,50-51,56H,32-37H2,(H2,53,54,57)/t48-,50+,51+/m0/s1. The van der Waals surface area contributed by atoms with Gasteiger partial charge in [-0.3, -0.25) is 4.90 Å². The number of rotatable bonds is 15. The van der Waals surface area contributed by atoms with Crippen molar-refractivity contribution in [3.63, 3.8) is 0 Å². The summed E-state index contributed by atoms with van der Waals surface area (Å²) in [6.07, 6.45) is -0.211. The van der Waals surface area contributed by atoms with Crippen LogP contribution in [0, 0.1) is 0 Å². The molecule has 0 aliphatic carbocycles. The largest absolute Gasteiger partial charge is 0.457 e. The summed E-state index contributed by atoms with van der Waals surface area (Å²) in [5, 5.41) is 15.6. The second-order valence-electron chi connectivity index (χ2n) is 15.0. The van der Waals surface area contributed by atoms with Gasteiger partial charge in [-0.2, -0.15) is 0 Å². The number of urea groups is 1. The van der Waals surface area contributed by atoms with Crippen LogP contribution in [-0.2, 0) is 35.7 Å². The van der Waals surface area contributed by atoms with Crippen molar-refractivity contribution in [3.8, 4) is 22.6 Å². The van der Waals surface area contributed by atoms with Gasteiger partial charge in [-0.15, -0.1) is 0 Å². The Bertz CT molecular complexity index is 2350. The lowest BCUT2D eigenvalue weighted by atomic mass is 9.97. The van der Waals surface area contributed by atoms with Gasteiger partial charge in [0.15, 0.2) is 6.29 Å². The zero-order valence-electron chi connectivity index (χ0n) is 33.4. The van der Waals surface area contributed by atoms with Gasteiger partial charge < -0.3 is 30.0 Å². The molecular formula is C52H49N3O5. The van der Waals surface area contributed by atoms with Gasteiger partial charge in [0.2, 0.25) is 0 Å². The number of aliphatic hydroxyl groups is 1. The van der Waals surface area contributed by atoms with Crippen LogP contribution >= 0.6 is 0 Å². The van der Waals surface area contributed by atoms with Gasteiger partial charge in [0.05, 0.1) is 18.8 Å². The number of anilines is 1. The van der Waals surface area contributed by atoms with Crippen LogP contribution in [0.2, 0.25) is 0 Å². The molecule has 0 aromatic heterocycles. The molecule has 8 rings (SSSR count). The predicted octanol–water partition coefficient (Wildman–Crippen LogP) is 11.2. The quantitative estimate of drug-likeness (QED) is 0.0957. The van der Waals surface area contributed by atoms with Gasteiger partial charge in [0, 0.05) is 43.9 Å². The maximum atomic E-state index is 13.0. The molecule has 1 heterocycles. The molecule has 8 heteroatoms. The highest BCUT2D eigenvalue weighted by Gasteiger charge is 2.33. The van der Waals surface area contributed by atoms with E-state index in [1.165, 1.54) is 11.1 Å². The fourth-order valence-electron chi connectivity index (χ4n) is 7.55. The van der Waals surface area contributed by atoms with E-state index in [9.17, 15) is 9.90 Å². The Balaban J connectivity index is 0.953. The Morgan fingerprint density at radius 3 is 1.85 bits per heavy atom. The summed E-state index contributed by atoms with van der Waals surface area (Å²) >= 11 is 0. The van der Waals surface area contributed by atoms with E-state index in [0.29, 0.717) is 24.4 Å². The SMILES string of the molecule is O=C(NCc1ccccc1-c1ccc([C@@H]2O[C@H](CN(Cc3ccccc3)Cc3ccccc3)C[C@H](c3ccc(CO)cc3)O2)cc1)Nc1ccc(Oc2ccccc2)cc1. The highest BCUT2D eigenvalue weighted by molar-refractivity contribution is 5.89. The molecule has 1 saturated heterocycles. The molecule has 0 radical (unpaired) electrons. The van der Waals surface area contributed by atoms with Crippen molar-refractivity contribution in [3.05, 3.63) is 221 Å². The average Bonchev–Trinajstić information content (AvgIpc) is 3.30. The molecule has 0 unspecified atom stereocenters. The van der Waals surface area contributed by atoms with Crippen LogP contribution < -0.4 is 15.4 Å². The first-order chi connectivity index (χ1) is 29.5. The summed E-state index contributed by atoms with van der Waals surface area (Å²) in [6.45, 7) is 2.63. The Morgan fingerprint density at radius 2 is 1.20 bits per heavy atom. The maximum absolute atomic E-state index is 13.0. The molecule has 7 aromatic rings. The number of ether oxygens (including phenoxy) is 3. The van der Waals surface area contributed by atoms with Crippen molar-refractivity contribution in [2.45, 2.75) is 51.2 Å². The number of para-hydroxylation sites is 1. The van der Waals surface area contributed by atoms with Crippen molar-refractivity contribution < 1.29 is 24.1 Å². The third-order valence-electron chi connectivity index (χ3n) is 10.6. The molecule has 2 amide bonds. The first kappa shape index (κ1) is 40.2. The Morgan fingerprint density at radius 1 is 0.617 bits per heavy atom. The molecule has 1 aliphatic heterocycles. The molecule has 0 spiro atoms. The monoisotopic (exact) mass is 795 g/mol. The molecule has 3 atom stereocenters. The number of hydrogen-bond donors (Lipinski definition) is 3. The Hall–Kier alpha value is -6.55.